The smallest absolute Gasteiger partial charge is 0.354 e. The van der Waals surface area contributed by atoms with E-state index in [9.17, 15) is 18.0 Å². The molecule has 0 saturated heterocycles. The number of rotatable bonds is 6. The van der Waals surface area contributed by atoms with Crippen LogP contribution in [0.4, 0.5) is 11.5 Å². The fraction of sp³-hybridized carbons (Fsp3) is 0.188. The Morgan fingerprint density at radius 3 is 2.32 bits per heavy atom. The molecule has 0 fully saturated rings. The molecule has 1 amide bonds. The number of aromatic nitrogens is 1. The minimum atomic E-state index is -3.93. The molecule has 9 heteroatoms. The SMILES string of the molecule is CCN(c1cccc(C(=O)O)n1)S(=O)(=O)c1ccc(NC(C)=O)cc1. The molecule has 25 heavy (non-hydrogen) atoms. The Balaban J connectivity index is 2.40. The van der Waals surface area contributed by atoms with Gasteiger partial charge in [0.25, 0.3) is 10.0 Å². The van der Waals surface area contributed by atoms with E-state index < -0.39 is 16.0 Å². The molecule has 1 aromatic heterocycles. The minimum absolute atomic E-state index is 0.00554. The number of benzene rings is 1. The molecule has 0 spiro atoms. The molecule has 0 bridgehead atoms. The monoisotopic (exact) mass is 363 g/mol. The molecule has 2 N–H and O–H groups in total. The standard InChI is InChI=1S/C16H17N3O5S/c1-3-19(15-6-4-5-14(18-15)16(21)22)25(23,24)13-9-7-12(8-10-13)17-11(2)20/h4-10H,3H2,1-2H3,(H,17,20)(H,21,22). The van der Waals surface area contributed by atoms with Crippen LogP contribution < -0.4 is 9.62 Å². The van der Waals surface area contributed by atoms with Crippen molar-refractivity contribution in [3.63, 3.8) is 0 Å². The molecule has 1 heterocycles. The minimum Gasteiger partial charge on any atom is -0.477 e. The number of aromatic carboxylic acids is 1. The second-order valence-corrected chi connectivity index (χ2v) is 6.92. The largest absolute Gasteiger partial charge is 0.477 e. The van der Waals surface area contributed by atoms with E-state index in [1.807, 2.05) is 0 Å². The average molecular weight is 363 g/mol. The van der Waals surface area contributed by atoms with E-state index in [0.717, 1.165) is 4.31 Å². The van der Waals surface area contributed by atoms with Crippen LogP contribution in [0.25, 0.3) is 0 Å². The van der Waals surface area contributed by atoms with Gasteiger partial charge in [-0.15, -0.1) is 0 Å². The Morgan fingerprint density at radius 1 is 1.16 bits per heavy atom. The fourth-order valence-corrected chi connectivity index (χ4v) is 3.60. The number of pyridine rings is 1. The van der Waals surface area contributed by atoms with Crippen LogP contribution in [0.1, 0.15) is 24.3 Å². The first-order valence-corrected chi connectivity index (χ1v) is 8.80. The molecule has 0 unspecified atom stereocenters. The molecule has 2 aromatic rings. The zero-order valence-electron chi connectivity index (χ0n) is 13.6. The predicted octanol–water partition coefficient (Wildman–Crippen LogP) is 1.95. The summed E-state index contributed by atoms with van der Waals surface area (Å²) in [5.74, 6) is -1.48. The molecule has 2 rings (SSSR count). The van der Waals surface area contributed by atoms with Gasteiger partial charge in [-0.2, -0.15) is 0 Å². The zero-order valence-corrected chi connectivity index (χ0v) is 14.4. The van der Waals surface area contributed by atoms with Gasteiger partial charge in [0.1, 0.15) is 5.82 Å². The summed E-state index contributed by atoms with van der Waals surface area (Å²) in [6.45, 7) is 3.05. The lowest BCUT2D eigenvalue weighted by Crippen LogP contribution is -2.31. The third-order valence-electron chi connectivity index (χ3n) is 3.26. The molecule has 0 saturated carbocycles. The normalized spacial score (nSPS) is 11.0. The molecular weight excluding hydrogens is 346 g/mol. The van der Waals surface area contributed by atoms with E-state index in [4.69, 9.17) is 5.11 Å². The first kappa shape index (κ1) is 18.4. The highest BCUT2D eigenvalue weighted by atomic mass is 32.2. The van der Waals surface area contributed by atoms with E-state index in [1.165, 1.54) is 49.4 Å². The molecule has 0 atom stereocenters. The maximum absolute atomic E-state index is 12.8. The zero-order chi connectivity index (χ0) is 18.6. The van der Waals surface area contributed by atoms with Crippen molar-refractivity contribution >= 4 is 33.4 Å². The molecular formula is C16H17N3O5S. The summed E-state index contributed by atoms with van der Waals surface area (Å²) in [5.41, 5.74) is 0.229. The van der Waals surface area contributed by atoms with Gasteiger partial charge in [-0.3, -0.25) is 9.10 Å². The number of hydrogen-bond acceptors (Lipinski definition) is 5. The lowest BCUT2D eigenvalue weighted by Gasteiger charge is -2.22. The molecule has 8 nitrogen and oxygen atoms in total. The number of sulfonamides is 1. The summed E-state index contributed by atoms with van der Waals surface area (Å²) in [5, 5.41) is 11.6. The number of carboxylic acid groups (broad SMARTS) is 1. The van der Waals surface area contributed by atoms with Gasteiger partial charge in [-0.25, -0.2) is 18.2 Å². The summed E-state index contributed by atoms with van der Waals surface area (Å²) < 4.78 is 26.7. The Morgan fingerprint density at radius 2 is 1.80 bits per heavy atom. The van der Waals surface area contributed by atoms with Crippen molar-refractivity contribution in [2.24, 2.45) is 0 Å². The summed E-state index contributed by atoms with van der Waals surface area (Å²) >= 11 is 0. The number of nitrogens with zero attached hydrogens (tertiary/aromatic N) is 2. The van der Waals surface area contributed by atoms with Crippen LogP contribution in [0.3, 0.4) is 0 Å². The van der Waals surface area contributed by atoms with Gasteiger partial charge in [0.05, 0.1) is 4.90 Å². The molecule has 0 radical (unpaired) electrons. The van der Waals surface area contributed by atoms with E-state index in [2.05, 4.69) is 10.3 Å². The number of anilines is 2. The van der Waals surface area contributed by atoms with Crippen molar-refractivity contribution < 1.29 is 23.1 Å². The fourth-order valence-electron chi connectivity index (χ4n) is 2.18. The Labute approximate surface area is 145 Å². The Kier molecular flexibility index (Phi) is 5.38. The summed E-state index contributed by atoms with van der Waals surface area (Å²) in [6, 6.07) is 9.83. The van der Waals surface area contributed by atoms with Gasteiger partial charge in [-0.1, -0.05) is 6.07 Å². The number of carbonyl (C=O) groups excluding carboxylic acids is 1. The van der Waals surface area contributed by atoms with Crippen molar-refractivity contribution in [1.29, 1.82) is 0 Å². The molecule has 132 valence electrons. The van der Waals surface area contributed by atoms with Gasteiger partial charge in [0.2, 0.25) is 5.91 Å². The number of nitrogens with one attached hydrogen (secondary N) is 1. The van der Waals surface area contributed by atoms with Gasteiger partial charge in [-0.05, 0) is 43.3 Å². The molecule has 1 aromatic carbocycles. The third-order valence-corrected chi connectivity index (χ3v) is 5.15. The van der Waals surface area contributed by atoms with Gasteiger partial charge < -0.3 is 10.4 Å². The molecule has 0 aliphatic carbocycles. The van der Waals surface area contributed by atoms with Gasteiger partial charge in [0, 0.05) is 19.2 Å². The highest BCUT2D eigenvalue weighted by molar-refractivity contribution is 7.92. The summed E-state index contributed by atoms with van der Waals surface area (Å²) in [4.78, 5) is 26.0. The highest BCUT2D eigenvalue weighted by Crippen LogP contribution is 2.23. The maximum Gasteiger partial charge on any atom is 0.354 e. The quantitative estimate of drug-likeness (QED) is 0.810. The number of amides is 1. The van der Waals surface area contributed by atoms with Crippen LogP contribution in [0.5, 0.6) is 0 Å². The van der Waals surface area contributed by atoms with Crippen LogP contribution >= 0.6 is 0 Å². The van der Waals surface area contributed by atoms with Crippen molar-refractivity contribution in [2.45, 2.75) is 18.7 Å². The van der Waals surface area contributed by atoms with Crippen LogP contribution in [0, 0.1) is 0 Å². The summed E-state index contributed by atoms with van der Waals surface area (Å²) in [6.07, 6.45) is 0. The third kappa shape index (κ3) is 4.13. The predicted molar refractivity (Wildman–Crippen MR) is 92.1 cm³/mol. The van der Waals surface area contributed by atoms with Crippen molar-refractivity contribution in [3.8, 4) is 0 Å². The van der Waals surface area contributed by atoms with Gasteiger partial charge in [0.15, 0.2) is 5.69 Å². The van der Waals surface area contributed by atoms with Gasteiger partial charge >= 0.3 is 5.97 Å². The van der Waals surface area contributed by atoms with Crippen LogP contribution in [-0.2, 0) is 14.8 Å². The lowest BCUT2D eigenvalue weighted by molar-refractivity contribution is -0.114. The maximum atomic E-state index is 12.8. The van der Waals surface area contributed by atoms with E-state index in [-0.39, 0.29) is 28.9 Å². The van der Waals surface area contributed by atoms with E-state index in [0.29, 0.717) is 5.69 Å². The number of carbonyl (C=O) groups is 2. The first-order valence-electron chi connectivity index (χ1n) is 7.36. The van der Waals surface area contributed by atoms with E-state index in [1.54, 1.807) is 6.92 Å². The molecule has 0 aliphatic rings. The number of carboxylic acids is 1. The summed E-state index contributed by atoms with van der Waals surface area (Å²) in [7, 11) is -3.93. The average Bonchev–Trinajstić information content (AvgIpc) is 2.55. The Hall–Kier alpha value is -2.94. The first-order chi connectivity index (χ1) is 11.8. The topological polar surface area (TPSA) is 117 Å². The number of hydrogen-bond donors (Lipinski definition) is 2. The second kappa shape index (κ2) is 7.31. The van der Waals surface area contributed by atoms with Crippen molar-refractivity contribution in [3.05, 3.63) is 48.2 Å². The van der Waals surface area contributed by atoms with E-state index >= 15 is 0 Å². The lowest BCUT2D eigenvalue weighted by atomic mass is 10.3. The Bertz CT molecular complexity index is 894. The van der Waals surface area contributed by atoms with Crippen LogP contribution in [0.15, 0.2) is 47.4 Å². The van der Waals surface area contributed by atoms with Crippen LogP contribution in [-0.4, -0.2) is 36.9 Å². The second-order valence-electron chi connectivity index (χ2n) is 5.06. The van der Waals surface area contributed by atoms with Crippen molar-refractivity contribution in [1.82, 2.24) is 4.98 Å². The highest BCUT2D eigenvalue weighted by Gasteiger charge is 2.25. The van der Waals surface area contributed by atoms with Crippen LogP contribution in [0.2, 0.25) is 0 Å². The molecule has 0 aliphatic heterocycles. The van der Waals surface area contributed by atoms with Crippen molar-refractivity contribution in [2.75, 3.05) is 16.2 Å².